The van der Waals surface area contributed by atoms with Gasteiger partial charge in [0, 0.05) is 31.2 Å². The van der Waals surface area contributed by atoms with Crippen molar-refractivity contribution in [1.82, 2.24) is 19.8 Å². The first-order chi connectivity index (χ1) is 10.2. The van der Waals surface area contributed by atoms with Crippen molar-refractivity contribution < 1.29 is 4.79 Å². The van der Waals surface area contributed by atoms with Crippen LogP contribution >= 0.6 is 0 Å². The third-order valence-electron chi connectivity index (χ3n) is 3.59. The van der Waals surface area contributed by atoms with Crippen LogP contribution in [0.5, 0.6) is 0 Å². The Morgan fingerprint density at radius 3 is 2.48 bits per heavy atom. The van der Waals surface area contributed by atoms with Crippen LogP contribution in [0.3, 0.4) is 0 Å². The highest BCUT2D eigenvalue weighted by atomic mass is 16.2. The largest absolute Gasteiger partial charge is 0.331 e. The van der Waals surface area contributed by atoms with E-state index in [4.69, 9.17) is 0 Å². The first-order valence-electron chi connectivity index (χ1n) is 7.29. The number of rotatable bonds is 5. The molecule has 0 spiro atoms. The summed E-state index contributed by atoms with van der Waals surface area (Å²) in [4.78, 5) is 17.9. The molecule has 1 unspecified atom stereocenters. The molecule has 0 aliphatic heterocycles. The molecule has 5 heteroatoms. The normalized spacial score (nSPS) is 12.0. The molecule has 2 aromatic rings. The summed E-state index contributed by atoms with van der Waals surface area (Å²) >= 11 is 0. The third kappa shape index (κ3) is 3.62. The van der Waals surface area contributed by atoms with Crippen LogP contribution in [0.15, 0.2) is 43.0 Å². The van der Waals surface area contributed by atoms with Gasteiger partial charge < -0.3 is 14.8 Å². The molecule has 1 heterocycles. The number of amides is 2. The third-order valence-corrected chi connectivity index (χ3v) is 3.59. The number of carbonyl (C=O) groups excluding carboxylic acids is 1. The Morgan fingerprint density at radius 1 is 1.29 bits per heavy atom. The van der Waals surface area contributed by atoms with Crippen molar-refractivity contribution in [2.45, 2.75) is 26.8 Å². The van der Waals surface area contributed by atoms with Gasteiger partial charge in [0.2, 0.25) is 0 Å². The average molecular weight is 286 g/mol. The van der Waals surface area contributed by atoms with E-state index in [1.54, 1.807) is 17.4 Å². The van der Waals surface area contributed by atoms with Crippen molar-refractivity contribution in [3.63, 3.8) is 0 Å². The molecule has 0 radical (unpaired) electrons. The quantitative estimate of drug-likeness (QED) is 0.918. The molecule has 0 bridgehead atoms. The van der Waals surface area contributed by atoms with E-state index in [1.165, 1.54) is 0 Å². The maximum atomic E-state index is 12.0. The van der Waals surface area contributed by atoms with Gasteiger partial charge in [-0.3, -0.25) is 0 Å². The summed E-state index contributed by atoms with van der Waals surface area (Å²) in [6.45, 7) is 7.39. The minimum absolute atomic E-state index is 0.0186. The second-order valence-corrected chi connectivity index (χ2v) is 4.90. The van der Waals surface area contributed by atoms with Crippen LogP contribution in [-0.2, 0) is 0 Å². The molecule has 0 saturated carbocycles. The molecule has 5 nitrogen and oxygen atoms in total. The highest BCUT2D eigenvalue weighted by Crippen LogP contribution is 2.16. The molecule has 1 aromatic heterocycles. The van der Waals surface area contributed by atoms with Crippen LogP contribution in [0.1, 0.15) is 32.4 Å². The SMILES string of the molecule is CCN(CC)C(=O)NC(C)c1ccc(-n2ccnc2)cc1. The highest BCUT2D eigenvalue weighted by molar-refractivity contribution is 5.74. The Kier molecular flexibility index (Phi) is 4.98. The molecule has 112 valence electrons. The van der Waals surface area contributed by atoms with E-state index < -0.39 is 0 Å². The first kappa shape index (κ1) is 15.1. The van der Waals surface area contributed by atoms with Crippen LogP contribution in [-0.4, -0.2) is 33.6 Å². The number of aromatic nitrogens is 2. The second-order valence-electron chi connectivity index (χ2n) is 4.90. The van der Waals surface area contributed by atoms with Gasteiger partial charge in [-0.2, -0.15) is 0 Å². The van der Waals surface area contributed by atoms with Gasteiger partial charge in [0.05, 0.1) is 12.4 Å². The topological polar surface area (TPSA) is 50.2 Å². The Balaban J connectivity index is 2.03. The van der Waals surface area contributed by atoms with Crippen LogP contribution in [0.2, 0.25) is 0 Å². The summed E-state index contributed by atoms with van der Waals surface area (Å²) in [5.74, 6) is 0. The lowest BCUT2D eigenvalue weighted by atomic mass is 10.1. The molecule has 0 fully saturated rings. The average Bonchev–Trinajstić information content (AvgIpc) is 3.03. The molecule has 2 amide bonds. The van der Waals surface area contributed by atoms with Crippen molar-refractivity contribution in [2.75, 3.05) is 13.1 Å². The number of benzene rings is 1. The standard InChI is InChI=1S/C16H22N4O/c1-4-19(5-2)16(21)18-13(3)14-6-8-15(9-7-14)20-11-10-17-12-20/h6-13H,4-5H2,1-3H3,(H,18,21). The van der Waals surface area contributed by atoms with Crippen molar-refractivity contribution in [2.24, 2.45) is 0 Å². The number of carbonyl (C=O) groups is 1. The van der Waals surface area contributed by atoms with Crippen molar-refractivity contribution in [3.05, 3.63) is 48.5 Å². The summed E-state index contributed by atoms with van der Waals surface area (Å²) in [7, 11) is 0. The Morgan fingerprint density at radius 2 is 1.95 bits per heavy atom. The smallest absolute Gasteiger partial charge is 0.317 e. The van der Waals surface area contributed by atoms with Gasteiger partial charge in [-0.1, -0.05) is 12.1 Å². The lowest BCUT2D eigenvalue weighted by Gasteiger charge is -2.22. The zero-order chi connectivity index (χ0) is 15.2. The summed E-state index contributed by atoms with van der Waals surface area (Å²) in [6.07, 6.45) is 5.42. The zero-order valence-corrected chi connectivity index (χ0v) is 12.8. The molecule has 1 aromatic carbocycles. The summed E-state index contributed by atoms with van der Waals surface area (Å²) in [5.41, 5.74) is 2.14. The van der Waals surface area contributed by atoms with E-state index in [0.29, 0.717) is 13.1 Å². The van der Waals surface area contributed by atoms with E-state index >= 15 is 0 Å². The minimum Gasteiger partial charge on any atom is -0.331 e. The minimum atomic E-state index is -0.0220. The lowest BCUT2D eigenvalue weighted by molar-refractivity contribution is 0.200. The van der Waals surface area contributed by atoms with Gasteiger partial charge in [-0.25, -0.2) is 9.78 Å². The van der Waals surface area contributed by atoms with Crippen molar-refractivity contribution in [3.8, 4) is 5.69 Å². The Labute approximate surface area is 125 Å². The maximum Gasteiger partial charge on any atom is 0.317 e. The predicted octanol–water partition coefficient (Wildman–Crippen LogP) is 2.98. The number of imidazole rings is 1. The summed E-state index contributed by atoms with van der Waals surface area (Å²) in [6, 6.07) is 8.07. The van der Waals surface area contributed by atoms with Gasteiger partial charge in [-0.05, 0) is 38.5 Å². The Hall–Kier alpha value is -2.30. The molecule has 1 atom stereocenters. The van der Waals surface area contributed by atoms with Gasteiger partial charge in [0.25, 0.3) is 0 Å². The van der Waals surface area contributed by atoms with E-state index in [-0.39, 0.29) is 12.1 Å². The molecule has 2 rings (SSSR count). The fourth-order valence-corrected chi connectivity index (χ4v) is 2.22. The van der Waals surface area contributed by atoms with E-state index in [0.717, 1.165) is 11.3 Å². The van der Waals surface area contributed by atoms with Crippen LogP contribution in [0.25, 0.3) is 5.69 Å². The molecule has 0 aliphatic carbocycles. The van der Waals surface area contributed by atoms with Crippen LogP contribution < -0.4 is 5.32 Å². The van der Waals surface area contributed by atoms with Crippen LogP contribution in [0.4, 0.5) is 4.79 Å². The van der Waals surface area contributed by atoms with Gasteiger partial charge in [0.1, 0.15) is 0 Å². The maximum absolute atomic E-state index is 12.0. The molecule has 0 aliphatic rings. The van der Waals surface area contributed by atoms with Crippen molar-refractivity contribution >= 4 is 6.03 Å². The Bertz CT molecular complexity index is 558. The molecular formula is C16H22N4O. The predicted molar refractivity (Wildman–Crippen MR) is 83.4 cm³/mol. The molecular weight excluding hydrogens is 264 g/mol. The van der Waals surface area contributed by atoms with E-state index in [1.807, 2.05) is 55.8 Å². The number of hydrogen-bond acceptors (Lipinski definition) is 2. The molecule has 21 heavy (non-hydrogen) atoms. The second kappa shape index (κ2) is 6.92. The van der Waals surface area contributed by atoms with Crippen molar-refractivity contribution in [1.29, 1.82) is 0 Å². The number of nitrogens with zero attached hydrogens (tertiary/aromatic N) is 3. The number of urea groups is 1. The van der Waals surface area contributed by atoms with Crippen LogP contribution in [0, 0.1) is 0 Å². The van der Waals surface area contributed by atoms with E-state index in [2.05, 4.69) is 10.3 Å². The number of nitrogens with one attached hydrogen (secondary N) is 1. The summed E-state index contributed by atoms with van der Waals surface area (Å²) < 4.78 is 1.95. The monoisotopic (exact) mass is 286 g/mol. The lowest BCUT2D eigenvalue weighted by Crippen LogP contribution is -2.40. The fraction of sp³-hybridized carbons (Fsp3) is 0.375. The first-order valence-corrected chi connectivity index (χ1v) is 7.29. The highest BCUT2D eigenvalue weighted by Gasteiger charge is 2.13. The van der Waals surface area contributed by atoms with E-state index in [9.17, 15) is 4.79 Å². The fourth-order valence-electron chi connectivity index (χ4n) is 2.22. The van der Waals surface area contributed by atoms with Gasteiger partial charge in [0.15, 0.2) is 0 Å². The van der Waals surface area contributed by atoms with Gasteiger partial charge >= 0.3 is 6.03 Å². The number of hydrogen-bond donors (Lipinski definition) is 1. The molecule has 0 saturated heterocycles. The summed E-state index contributed by atoms with van der Waals surface area (Å²) in [5, 5.41) is 3.02. The zero-order valence-electron chi connectivity index (χ0n) is 12.8. The molecule has 1 N–H and O–H groups in total. The van der Waals surface area contributed by atoms with Gasteiger partial charge in [-0.15, -0.1) is 0 Å².